The fourth-order valence-corrected chi connectivity index (χ4v) is 1.48. The quantitative estimate of drug-likeness (QED) is 0.446. The predicted molar refractivity (Wildman–Crippen MR) is 24.4 cm³/mol. The molecular weight excluding hydrogens is 135 g/mol. The first-order valence-electron chi connectivity index (χ1n) is 2.15. The number of rotatable bonds is 0. The summed E-state index contributed by atoms with van der Waals surface area (Å²) in [4.78, 5) is 0. The van der Waals surface area contributed by atoms with Gasteiger partial charge in [0.15, 0.2) is 0 Å². The van der Waals surface area contributed by atoms with E-state index >= 15 is 0 Å². The highest BCUT2D eigenvalue weighted by Crippen LogP contribution is 2.15. The second-order valence-corrected chi connectivity index (χ2v) is 3.27. The van der Waals surface area contributed by atoms with Gasteiger partial charge >= 0.3 is 0 Å². The number of halogens is 1. The van der Waals surface area contributed by atoms with Crippen LogP contribution in [0, 0.1) is 0 Å². The molecule has 1 fully saturated rings. The van der Waals surface area contributed by atoms with Gasteiger partial charge in [0, 0.05) is 6.42 Å². The Hall–Kier alpha value is -0.160. The number of alkyl halides is 1. The average molecular weight is 140 g/mol. The summed E-state index contributed by atoms with van der Waals surface area (Å²) < 4.78 is 36.0. The van der Waals surface area contributed by atoms with Crippen molar-refractivity contribution in [2.75, 3.05) is 5.75 Å². The van der Waals surface area contributed by atoms with E-state index in [0.717, 1.165) is 0 Å². The fraction of sp³-hybridized carbons (Fsp3) is 1.00. The van der Waals surface area contributed by atoms with Gasteiger partial charge in [0.2, 0.25) is 6.36 Å². The summed E-state index contributed by atoms with van der Waals surface area (Å²) in [5.74, 6) is -0.186. The second kappa shape index (κ2) is 1.66. The predicted octanol–water partition coefficient (Wildman–Crippen LogP) is 0.0321. The van der Waals surface area contributed by atoms with E-state index in [0.29, 0.717) is 0 Å². The van der Waals surface area contributed by atoms with Crippen molar-refractivity contribution in [1.29, 1.82) is 0 Å². The largest absolute Gasteiger partial charge is 0.270 e. The molecule has 0 radical (unpaired) electrons. The topological polar surface area (TPSA) is 43.4 Å². The highest BCUT2D eigenvalue weighted by atomic mass is 32.2. The van der Waals surface area contributed by atoms with E-state index in [1.165, 1.54) is 0 Å². The maximum atomic E-state index is 11.8. The van der Waals surface area contributed by atoms with Gasteiger partial charge in [-0.25, -0.2) is 8.57 Å². The van der Waals surface area contributed by atoms with Gasteiger partial charge in [-0.3, -0.25) is 0 Å². The Balaban J connectivity index is 2.71. The Kier molecular flexibility index (Phi) is 1.24. The highest BCUT2D eigenvalue weighted by Gasteiger charge is 2.27. The molecule has 1 heterocycles. The fourth-order valence-electron chi connectivity index (χ4n) is 0.492. The van der Waals surface area contributed by atoms with Crippen molar-refractivity contribution in [2.45, 2.75) is 12.8 Å². The first kappa shape index (κ1) is 5.97. The molecule has 0 aromatic carbocycles. The Morgan fingerprint density at radius 3 is 2.38 bits per heavy atom. The first-order valence-corrected chi connectivity index (χ1v) is 3.73. The molecular formula is C3H5FO3S. The molecule has 1 aliphatic heterocycles. The normalized spacial score (nSPS) is 35.4. The van der Waals surface area contributed by atoms with Crippen LogP contribution < -0.4 is 0 Å². The van der Waals surface area contributed by atoms with E-state index in [9.17, 15) is 12.8 Å². The smallest absolute Gasteiger partial charge is 0.233 e. The zero-order valence-corrected chi connectivity index (χ0v) is 4.82. The van der Waals surface area contributed by atoms with Crippen LogP contribution in [0.2, 0.25) is 0 Å². The molecule has 0 saturated carbocycles. The van der Waals surface area contributed by atoms with Gasteiger partial charge in [-0.2, -0.15) is 8.42 Å². The summed E-state index contributed by atoms with van der Waals surface area (Å²) in [7, 11) is -3.47. The third kappa shape index (κ3) is 1.16. The zero-order chi connectivity index (χ0) is 6.20. The van der Waals surface area contributed by atoms with E-state index in [2.05, 4.69) is 4.18 Å². The van der Waals surface area contributed by atoms with E-state index in [4.69, 9.17) is 0 Å². The van der Waals surface area contributed by atoms with Gasteiger partial charge in [0.25, 0.3) is 10.1 Å². The van der Waals surface area contributed by atoms with E-state index in [1.54, 1.807) is 0 Å². The second-order valence-electron chi connectivity index (χ2n) is 1.56. The molecule has 1 rings (SSSR count). The summed E-state index contributed by atoms with van der Waals surface area (Å²) in [5, 5.41) is 0. The molecule has 0 N–H and O–H groups in total. The number of hydrogen-bond donors (Lipinski definition) is 0. The molecule has 8 heavy (non-hydrogen) atoms. The summed E-state index contributed by atoms with van der Waals surface area (Å²) in [6.07, 6.45) is -1.62. The van der Waals surface area contributed by atoms with Crippen molar-refractivity contribution in [2.24, 2.45) is 0 Å². The van der Waals surface area contributed by atoms with Crippen LogP contribution in [0.15, 0.2) is 0 Å². The molecule has 0 spiro atoms. The van der Waals surface area contributed by atoms with Crippen molar-refractivity contribution in [3.8, 4) is 0 Å². The summed E-state index contributed by atoms with van der Waals surface area (Å²) in [6.45, 7) is 0. The van der Waals surface area contributed by atoms with Gasteiger partial charge in [-0.15, -0.1) is 0 Å². The van der Waals surface area contributed by atoms with Crippen molar-refractivity contribution in [1.82, 2.24) is 0 Å². The minimum absolute atomic E-state index is 0.0255. The van der Waals surface area contributed by atoms with Gasteiger partial charge in [0.1, 0.15) is 0 Å². The Morgan fingerprint density at radius 1 is 1.62 bits per heavy atom. The van der Waals surface area contributed by atoms with Crippen LogP contribution in [0.4, 0.5) is 4.39 Å². The zero-order valence-electron chi connectivity index (χ0n) is 4.00. The molecule has 0 bridgehead atoms. The van der Waals surface area contributed by atoms with E-state index < -0.39 is 16.5 Å². The molecule has 1 saturated heterocycles. The molecule has 0 amide bonds. The first-order chi connectivity index (χ1) is 3.60. The Bertz CT molecular complexity index is 173. The lowest BCUT2D eigenvalue weighted by molar-refractivity contribution is 0.0937. The van der Waals surface area contributed by atoms with Crippen LogP contribution in [-0.2, 0) is 14.3 Å². The monoisotopic (exact) mass is 140 g/mol. The molecule has 5 heteroatoms. The Labute approximate surface area is 46.6 Å². The molecule has 0 aliphatic carbocycles. The SMILES string of the molecule is O=S1(=O)CCC(F)O1. The standard InChI is InChI=1S/C3H5FO3S/c4-3-1-2-8(5,6)7-3/h3H,1-2H2. The highest BCUT2D eigenvalue weighted by molar-refractivity contribution is 7.86. The Morgan fingerprint density at radius 2 is 2.25 bits per heavy atom. The third-order valence-electron chi connectivity index (χ3n) is 0.846. The molecule has 1 atom stereocenters. The lowest BCUT2D eigenvalue weighted by atomic mass is 10.5. The lowest BCUT2D eigenvalue weighted by Crippen LogP contribution is -2.00. The van der Waals surface area contributed by atoms with Crippen LogP contribution in [0.3, 0.4) is 0 Å². The molecule has 48 valence electrons. The van der Waals surface area contributed by atoms with Crippen LogP contribution in [0.5, 0.6) is 0 Å². The number of hydrogen-bond acceptors (Lipinski definition) is 3. The van der Waals surface area contributed by atoms with Crippen LogP contribution >= 0.6 is 0 Å². The van der Waals surface area contributed by atoms with E-state index in [1.807, 2.05) is 0 Å². The van der Waals surface area contributed by atoms with Crippen molar-refractivity contribution in [3.63, 3.8) is 0 Å². The third-order valence-corrected chi connectivity index (χ3v) is 2.08. The van der Waals surface area contributed by atoms with E-state index in [-0.39, 0.29) is 12.2 Å². The maximum absolute atomic E-state index is 11.8. The van der Waals surface area contributed by atoms with Crippen molar-refractivity contribution in [3.05, 3.63) is 0 Å². The van der Waals surface area contributed by atoms with Crippen molar-refractivity contribution >= 4 is 10.1 Å². The minimum atomic E-state index is -3.47. The molecule has 0 aromatic heterocycles. The van der Waals surface area contributed by atoms with Gasteiger partial charge in [-0.1, -0.05) is 0 Å². The average Bonchev–Trinajstić information content (AvgIpc) is 1.82. The summed E-state index contributed by atoms with van der Waals surface area (Å²) in [6, 6.07) is 0. The van der Waals surface area contributed by atoms with Gasteiger partial charge in [-0.05, 0) is 0 Å². The lowest BCUT2D eigenvalue weighted by Gasteiger charge is -1.89. The van der Waals surface area contributed by atoms with Crippen LogP contribution in [0.25, 0.3) is 0 Å². The van der Waals surface area contributed by atoms with Gasteiger partial charge in [0.05, 0.1) is 5.75 Å². The summed E-state index contributed by atoms with van der Waals surface area (Å²) >= 11 is 0. The minimum Gasteiger partial charge on any atom is -0.233 e. The van der Waals surface area contributed by atoms with Gasteiger partial charge < -0.3 is 0 Å². The maximum Gasteiger partial charge on any atom is 0.270 e. The van der Waals surface area contributed by atoms with Crippen molar-refractivity contribution < 1.29 is 17.0 Å². The van der Waals surface area contributed by atoms with Crippen LogP contribution in [-0.4, -0.2) is 20.5 Å². The summed E-state index contributed by atoms with van der Waals surface area (Å²) in [5.41, 5.74) is 0. The molecule has 0 aromatic rings. The molecule has 1 aliphatic rings. The molecule has 1 unspecified atom stereocenters. The van der Waals surface area contributed by atoms with Crippen LogP contribution in [0.1, 0.15) is 6.42 Å². The molecule has 3 nitrogen and oxygen atoms in total.